The highest BCUT2D eigenvalue weighted by molar-refractivity contribution is 5.85. The van der Waals surface area contributed by atoms with Crippen molar-refractivity contribution < 1.29 is 0 Å². The van der Waals surface area contributed by atoms with Crippen molar-refractivity contribution in [2.24, 2.45) is 0 Å². The van der Waals surface area contributed by atoms with Crippen molar-refractivity contribution in [3.63, 3.8) is 0 Å². The standard InChI is InChI=1S/C12H19N5.ClH/c1-15(2)9-6-10-16(3)17-12-8-5-4-7-11(12)13-14-17;/h4-5,7-8H,6,9-10H2,1-3H3;1H. The van der Waals surface area contributed by atoms with Gasteiger partial charge in [-0.25, -0.2) is 0 Å². The number of hydrogen-bond acceptors (Lipinski definition) is 4. The minimum absolute atomic E-state index is 0. The molecule has 0 radical (unpaired) electrons. The Hall–Kier alpha value is -1.33. The summed E-state index contributed by atoms with van der Waals surface area (Å²) in [5.41, 5.74) is 1.99. The average molecular weight is 270 g/mol. The minimum Gasteiger partial charge on any atom is -0.309 e. The van der Waals surface area contributed by atoms with E-state index in [1.165, 1.54) is 0 Å². The quantitative estimate of drug-likeness (QED) is 0.822. The van der Waals surface area contributed by atoms with Crippen LogP contribution in [0.3, 0.4) is 0 Å². The molecule has 0 amide bonds. The molecule has 0 aliphatic rings. The van der Waals surface area contributed by atoms with Crippen molar-refractivity contribution in [2.75, 3.05) is 39.2 Å². The highest BCUT2D eigenvalue weighted by Crippen LogP contribution is 2.09. The lowest BCUT2D eigenvalue weighted by Gasteiger charge is -2.20. The van der Waals surface area contributed by atoms with Crippen LogP contribution in [0.15, 0.2) is 24.3 Å². The first-order chi connectivity index (χ1) is 8.18. The second kappa shape index (κ2) is 6.56. The Bertz CT molecular complexity index is 482. The smallest absolute Gasteiger partial charge is 0.115 e. The van der Waals surface area contributed by atoms with E-state index < -0.39 is 0 Å². The van der Waals surface area contributed by atoms with Crippen molar-refractivity contribution in [3.05, 3.63) is 24.3 Å². The van der Waals surface area contributed by atoms with Gasteiger partial charge in [0.15, 0.2) is 0 Å². The summed E-state index contributed by atoms with van der Waals surface area (Å²) < 4.78 is 0. The Balaban J connectivity index is 0.00000162. The summed E-state index contributed by atoms with van der Waals surface area (Å²) in [6.45, 7) is 2.04. The summed E-state index contributed by atoms with van der Waals surface area (Å²) >= 11 is 0. The SMILES string of the molecule is CN(C)CCCN(C)n1nnc2ccccc21.Cl. The zero-order valence-corrected chi connectivity index (χ0v) is 11.9. The minimum atomic E-state index is 0. The number of rotatable bonds is 5. The third-order valence-corrected chi connectivity index (χ3v) is 2.74. The van der Waals surface area contributed by atoms with E-state index in [0.717, 1.165) is 30.5 Å². The van der Waals surface area contributed by atoms with Crippen LogP contribution < -0.4 is 5.01 Å². The Morgan fingerprint density at radius 3 is 2.56 bits per heavy atom. The van der Waals surface area contributed by atoms with Gasteiger partial charge in [0.2, 0.25) is 0 Å². The number of fused-ring (bicyclic) bond motifs is 1. The van der Waals surface area contributed by atoms with Crippen molar-refractivity contribution in [2.45, 2.75) is 6.42 Å². The molecule has 2 aromatic rings. The molecule has 0 aliphatic carbocycles. The summed E-state index contributed by atoms with van der Waals surface area (Å²) in [6.07, 6.45) is 1.11. The topological polar surface area (TPSA) is 37.2 Å². The van der Waals surface area contributed by atoms with Gasteiger partial charge in [0, 0.05) is 13.6 Å². The third-order valence-electron chi connectivity index (χ3n) is 2.74. The lowest BCUT2D eigenvalue weighted by molar-refractivity contribution is 0.393. The average Bonchev–Trinajstić information content (AvgIpc) is 2.72. The Morgan fingerprint density at radius 2 is 1.83 bits per heavy atom. The van der Waals surface area contributed by atoms with E-state index in [0.29, 0.717) is 0 Å². The maximum Gasteiger partial charge on any atom is 0.115 e. The van der Waals surface area contributed by atoms with Gasteiger partial charge >= 0.3 is 0 Å². The van der Waals surface area contributed by atoms with Crippen LogP contribution in [0, 0.1) is 0 Å². The van der Waals surface area contributed by atoms with Crippen LogP contribution in [0.1, 0.15) is 6.42 Å². The summed E-state index contributed by atoms with van der Waals surface area (Å²) in [6, 6.07) is 8.01. The molecule has 1 aromatic heterocycles. The van der Waals surface area contributed by atoms with Crippen molar-refractivity contribution in [1.29, 1.82) is 0 Å². The van der Waals surface area contributed by atoms with Gasteiger partial charge in [-0.15, -0.1) is 17.5 Å². The molecule has 0 atom stereocenters. The molecular weight excluding hydrogens is 250 g/mol. The first-order valence-corrected chi connectivity index (χ1v) is 5.85. The van der Waals surface area contributed by atoms with Gasteiger partial charge in [0.05, 0.1) is 0 Å². The maximum atomic E-state index is 4.17. The molecule has 6 heteroatoms. The molecule has 1 heterocycles. The van der Waals surface area contributed by atoms with Gasteiger partial charge in [-0.1, -0.05) is 12.1 Å². The Kier molecular flexibility index (Phi) is 5.37. The summed E-state index contributed by atoms with van der Waals surface area (Å²) in [5.74, 6) is 0. The molecule has 0 aliphatic heterocycles. The lowest BCUT2D eigenvalue weighted by atomic mass is 10.3. The second-order valence-corrected chi connectivity index (χ2v) is 4.51. The summed E-state index contributed by atoms with van der Waals surface area (Å²) in [4.78, 5) is 4.05. The highest BCUT2D eigenvalue weighted by atomic mass is 35.5. The van der Waals surface area contributed by atoms with Gasteiger partial charge in [0.25, 0.3) is 0 Å². The zero-order valence-electron chi connectivity index (χ0n) is 11.1. The van der Waals surface area contributed by atoms with Crippen LogP contribution in [0.25, 0.3) is 11.0 Å². The number of halogens is 1. The molecule has 1 aromatic carbocycles. The number of nitrogens with zero attached hydrogens (tertiary/aromatic N) is 5. The van der Waals surface area contributed by atoms with Gasteiger partial charge in [-0.3, -0.25) is 5.01 Å². The maximum absolute atomic E-state index is 4.17. The van der Waals surface area contributed by atoms with Crippen LogP contribution in [-0.4, -0.2) is 54.2 Å². The van der Waals surface area contributed by atoms with Crippen LogP contribution in [-0.2, 0) is 0 Å². The molecule has 100 valence electrons. The number of hydrogen-bond donors (Lipinski definition) is 0. The molecule has 5 nitrogen and oxygen atoms in total. The van der Waals surface area contributed by atoms with E-state index in [1.54, 1.807) is 0 Å². The largest absolute Gasteiger partial charge is 0.309 e. The monoisotopic (exact) mass is 269 g/mol. The predicted molar refractivity (Wildman–Crippen MR) is 77.0 cm³/mol. The van der Waals surface area contributed by atoms with E-state index >= 15 is 0 Å². The van der Waals surface area contributed by atoms with Crippen molar-refractivity contribution in [1.82, 2.24) is 20.0 Å². The van der Waals surface area contributed by atoms with Gasteiger partial charge in [0.1, 0.15) is 11.0 Å². The fourth-order valence-electron chi connectivity index (χ4n) is 1.82. The molecule has 2 rings (SSSR count). The third kappa shape index (κ3) is 3.34. The molecule has 0 N–H and O–H groups in total. The molecule has 0 saturated carbocycles. The molecule has 0 spiro atoms. The van der Waals surface area contributed by atoms with Gasteiger partial charge < -0.3 is 4.90 Å². The number of para-hydroxylation sites is 1. The van der Waals surface area contributed by atoms with Crippen LogP contribution in [0.4, 0.5) is 0 Å². The summed E-state index contributed by atoms with van der Waals surface area (Å²) in [7, 11) is 6.21. The predicted octanol–water partition coefficient (Wildman–Crippen LogP) is 1.37. The van der Waals surface area contributed by atoms with E-state index in [2.05, 4.69) is 34.3 Å². The molecule has 0 unspecified atom stereocenters. The number of aromatic nitrogens is 3. The van der Waals surface area contributed by atoms with E-state index in [1.807, 2.05) is 36.1 Å². The molecule has 18 heavy (non-hydrogen) atoms. The Labute approximate surface area is 114 Å². The molecular formula is C12H20ClN5. The van der Waals surface area contributed by atoms with Crippen LogP contribution >= 0.6 is 12.4 Å². The van der Waals surface area contributed by atoms with Gasteiger partial charge in [-0.2, -0.15) is 4.79 Å². The van der Waals surface area contributed by atoms with Crippen molar-refractivity contribution in [3.8, 4) is 0 Å². The van der Waals surface area contributed by atoms with Gasteiger partial charge in [-0.05, 0) is 44.4 Å². The first-order valence-electron chi connectivity index (χ1n) is 5.85. The van der Waals surface area contributed by atoms with Crippen LogP contribution in [0.2, 0.25) is 0 Å². The summed E-state index contributed by atoms with van der Waals surface area (Å²) in [5, 5.41) is 10.4. The normalized spacial score (nSPS) is 10.7. The number of benzene rings is 1. The highest BCUT2D eigenvalue weighted by Gasteiger charge is 2.06. The first kappa shape index (κ1) is 14.7. The van der Waals surface area contributed by atoms with E-state index in [4.69, 9.17) is 0 Å². The fourth-order valence-corrected chi connectivity index (χ4v) is 1.82. The van der Waals surface area contributed by atoms with Crippen molar-refractivity contribution >= 4 is 23.4 Å². The second-order valence-electron chi connectivity index (χ2n) is 4.51. The lowest BCUT2D eigenvalue weighted by Crippen LogP contribution is -2.33. The fraction of sp³-hybridized carbons (Fsp3) is 0.500. The molecule has 0 fully saturated rings. The van der Waals surface area contributed by atoms with Crippen LogP contribution in [0.5, 0.6) is 0 Å². The Morgan fingerprint density at radius 1 is 1.11 bits per heavy atom. The molecule has 0 saturated heterocycles. The zero-order chi connectivity index (χ0) is 12.3. The molecule has 0 bridgehead atoms. The van der Waals surface area contributed by atoms with E-state index in [-0.39, 0.29) is 12.4 Å². The van der Waals surface area contributed by atoms with E-state index in [9.17, 15) is 0 Å².